The van der Waals surface area contributed by atoms with Crippen LogP contribution in [-0.4, -0.2) is 0 Å². The molecule has 0 aromatic carbocycles. The fraction of sp³-hybridized carbons (Fsp3) is 0. The molecule has 0 N–H and O–H groups in total. The summed E-state index contributed by atoms with van der Waals surface area (Å²) in [6, 6.07) is 0. The molecule has 0 bridgehead atoms. The third-order valence-corrected chi connectivity index (χ3v) is 1410. The molecule has 0 radical (unpaired) electrons. The molecule has 0 unspecified atom stereocenters. The van der Waals surface area contributed by atoms with Crippen molar-refractivity contribution in [2.45, 2.75) is 0 Å². The first-order valence-corrected chi connectivity index (χ1v) is 129. The van der Waals surface area contributed by atoms with Gasteiger partial charge in [-0.15, -0.1) is 0 Å². The van der Waals surface area contributed by atoms with Crippen molar-refractivity contribution in [3.8, 4) is 0 Å². The van der Waals surface area contributed by atoms with E-state index in [1.807, 2.05) is 0 Å². The molecule has 21 heavy (non-hydrogen) atoms. The van der Waals surface area contributed by atoms with Crippen molar-refractivity contribution < 1.29 is 13.3 Å². The molecule has 148 valence electrons. The molecule has 0 amide bonds. The molecule has 0 saturated heterocycles. The van der Waals surface area contributed by atoms with E-state index in [0.29, 0.717) is 13.3 Å². The van der Waals surface area contributed by atoms with Gasteiger partial charge in [-0.1, -0.05) is 0 Å². The van der Waals surface area contributed by atoms with E-state index in [4.69, 9.17) is 0 Å². The zero-order chi connectivity index (χ0) is 16.9. The van der Waals surface area contributed by atoms with Crippen LogP contribution < -0.4 is 13.3 Å². The van der Waals surface area contributed by atoms with Gasteiger partial charge in [-0.25, -0.2) is 0 Å². The molecule has 0 aliphatic carbocycles. The summed E-state index contributed by atoms with van der Waals surface area (Å²) in [5.41, 5.74) is 0. The second kappa shape index (κ2) is 22.2. The number of hydrogen-bond donors (Lipinski definition) is 0. The Balaban J connectivity index is 4.79. The Kier molecular flexibility index (Phi) is 38.4. The summed E-state index contributed by atoms with van der Waals surface area (Å²) in [5.74, 6) is 0. The van der Waals surface area contributed by atoms with Crippen LogP contribution in [0.2, 0.25) is 0 Å². The molecule has 0 nitrogen and oxygen atoms in total. The number of halogens is 21. The minimum absolute atomic E-state index is 0.330. The monoisotopic (exact) mass is 2660 g/mol. The standard InChI is InChI=1S/I21/c1-12-14(4)16(6)18(8)20(10)21(11)19(9)17(7)15(5)13(2)3/q-1. The van der Waals surface area contributed by atoms with Crippen LogP contribution in [0.15, 0.2) is 0 Å². The van der Waals surface area contributed by atoms with Crippen molar-refractivity contribution >= 4 is 276 Å². The van der Waals surface area contributed by atoms with Gasteiger partial charge < -0.3 is 0 Å². The Morgan fingerprint density at radius 2 is 0.714 bits per heavy atom. The Labute approximate surface area is 273 Å². The van der Waals surface area contributed by atoms with Crippen LogP contribution in [0, 0.1) is 0 Å². The topological polar surface area (TPSA) is 0 Å². The van der Waals surface area contributed by atoms with Gasteiger partial charge in [0.1, 0.15) is 0 Å². The summed E-state index contributed by atoms with van der Waals surface area (Å²) in [7, 11) is -3.51. The summed E-state index contributed by atoms with van der Waals surface area (Å²) >= 11 is 34.2. The summed E-state index contributed by atoms with van der Waals surface area (Å²) in [5, 5.41) is 0. The van der Waals surface area contributed by atoms with Gasteiger partial charge in [-0.2, -0.15) is 0 Å². The number of rotatable bonds is 9. The average molecular weight is 2660 g/mol. The van der Waals surface area contributed by atoms with Crippen LogP contribution in [0.5, 0.6) is 0 Å². The van der Waals surface area contributed by atoms with Gasteiger partial charge in [0.2, 0.25) is 0 Å². The first kappa shape index (κ1) is 36.3. The van der Waals surface area contributed by atoms with E-state index in [1.165, 1.54) is 0 Å². The number of hydrogen-bond acceptors (Lipinski definition) is 0. The van der Waals surface area contributed by atoms with Crippen LogP contribution in [0.25, 0.3) is 0 Å². The van der Waals surface area contributed by atoms with Crippen molar-refractivity contribution in [2.75, 3.05) is 0 Å². The van der Waals surface area contributed by atoms with Crippen LogP contribution >= 0.6 is 276 Å². The Hall–Kier alpha value is 15.3. The van der Waals surface area contributed by atoms with Crippen molar-refractivity contribution in [1.82, 2.24) is 0 Å². The molecule has 21 heteroatoms. The Morgan fingerprint density at radius 3 is 1.00 bits per heavy atom. The predicted octanol–water partition coefficient (Wildman–Crippen LogP) is 14.7. The third kappa shape index (κ3) is 16.1. The van der Waals surface area contributed by atoms with E-state index in [0.717, 1.165) is 0 Å². The zero-order valence-corrected chi connectivity index (χ0v) is 53.2. The Bertz CT molecular complexity index is 267. The molecule has 0 atom stereocenters. The molecule has 0 aromatic heterocycles. The van der Waals surface area contributed by atoms with Gasteiger partial charge in [-0.05, 0) is 0 Å². The molecular formula is I21-. The van der Waals surface area contributed by atoms with Gasteiger partial charge in [-0.3, -0.25) is 0 Å². The van der Waals surface area contributed by atoms with Crippen molar-refractivity contribution in [3.63, 3.8) is 0 Å². The summed E-state index contributed by atoms with van der Waals surface area (Å²) in [6.45, 7) is 0. The Morgan fingerprint density at radius 1 is 0.429 bits per heavy atom. The fourth-order valence-corrected chi connectivity index (χ4v) is 3140. The second-order valence-corrected chi connectivity index (χ2v) is 456. The van der Waals surface area contributed by atoms with Crippen LogP contribution in [0.4, 0.5) is 0 Å². The van der Waals surface area contributed by atoms with E-state index in [1.54, 1.807) is 0 Å². The van der Waals surface area contributed by atoms with Crippen molar-refractivity contribution in [3.05, 3.63) is 0 Å². The fourth-order valence-electron chi connectivity index (χ4n) is 0.231. The van der Waals surface area contributed by atoms with E-state index >= 15 is 0 Å². The van der Waals surface area contributed by atoms with Crippen molar-refractivity contribution in [2.24, 2.45) is 0 Å². The first-order chi connectivity index (χ1) is 9.56. The van der Waals surface area contributed by atoms with Gasteiger partial charge >= 0.3 is 289 Å². The minimum atomic E-state index is -0.439. The van der Waals surface area contributed by atoms with E-state index in [2.05, 4.69) is 205 Å². The van der Waals surface area contributed by atoms with Crippen molar-refractivity contribution in [1.29, 1.82) is 0 Å². The SMILES string of the molecule is I[I-]I(I)I(I)I(I)I(I)I(I)I(I)I(I)I(I)I(I)I. The predicted molar refractivity (Wildman–Crippen MR) is 280 cm³/mol. The molecule has 0 saturated carbocycles. The molecule has 0 heterocycles. The summed E-state index contributed by atoms with van der Waals surface area (Å²) in [4.78, 5) is 0. The zero-order valence-electron chi connectivity index (χ0n) is 7.94. The van der Waals surface area contributed by atoms with E-state index in [-0.39, 0.29) is 31.6 Å². The molecule has 0 fully saturated rings. The molecule has 0 aromatic rings. The van der Waals surface area contributed by atoms with Gasteiger partial charge in [0.25, 0.3) is 0 Å². The van der Waals surface area contributed by atoms with Gasteiger partial charge in [0.15, 0.2) is 0 Å². The summed E-state index contributed by atoms with van der Waals surface area (Å²) in [6.07, 6.45) is 0. The van der Waals surface area contributed by atoms with Crippen LogP contribution in [-0.2, 0) is 0 Å². The van der Waals surface area contributed by atoms with E-state index < -0.39 is 39.5 Å². The van der Waals surface area contributed by atoms with Gasteiger partial charge in [0, 0.05) is 0 Å². The van der Waals surface area contributed by atoms with Crippen LogP contribution in [0.3, 0.4) is 0 Å². The molecular weight excluding hydrogens is 2660 g/mol. The quantitative estimate of drug-likeness (QED) is 0.202. The molecule has 0 aliphatic heterocycles. The van der Waals surface area contributed by atoms with Crippen LogP contribution in [0.1, 0.15) is 0 Å². The first-order valence-electron chi connectivity index (χ1n) is 2.86. The molecule has 0 aliphatic rings. The molecule has 0 spiro atoms. The summed E-state index contributed by atoms with van der Waals surface area (Å²) < 4.78 is 0. The second-order valence-electron chi connectivity index (χ2n) is 1.51. The molecule has 0 rings (SSSR count). The third-order valence-electron chi connectivity index (χ3n) is 0.694. The van der Waals surface area contributed by atoms with E-state index in [9.17, 15) is 0 Å². The average Bonchev–Trinajstić information content (AvgIpc) is 2.48. The maximum atomic E-state index is 3.18. The maximum absolute atomic E-state index is 3.18. The normalized spacial score (nSPS) is 17.8. The van der Waals surface area contributed by atoms with Gasteiger partial charge in [0.05, 0.1) is 0 Å².